The lowest BCUT2D eigenvalue weighted by molar-refractivity contribution is -0.389. The number of aliphatic hydroxyl groups excluding tert-OH is 1. The zero-order valence-electron chi connectivity index (χ0n) is 8.11. The Balaban J connectivity index is 2.17. The van der Waals surface area contributed by atoms with E-state index in [0.717, 1.165) is 25.5 Å². The zero-order chi connectivity index (χ0) is 10.8. The normalized spacial score (nSPS) is 26.5. The third-order valence-corrected chi connectivity index (χ3v) is 2.67. The number of nitro groups is 1. The van der Waals surface area contributed by atoms with Gasteiger partial charge in [0, 0.05) is 0 Å². The van der Waals surface area contributed by atoms with Gasteiger partial charge in [-0.2, -0.15) is 0 Å². The Hall–Kier alpha value is -1.50. The molecule has 0 radical (unpaired) electrons. The van der Waals surface area contributed by atoms with Crippen LogP contribution in [0.25, 0.3) is 0 Å². The molecule has 0 saturated heterocycles. The van der Waals surface area contributed by atoms with Gasteiger partial charge in [-0.3, -0.25) is 0 Å². The molecule has 1 heterocycles. The van der Waals surface area contributed by atoms with Crippen molar-refractivity contribution in [1.82, 2.24) is 15.0 Å². The zero-order valence-corrected chi connectivity index (χ0v) is 8.11. The molecule has 15 heavy (non-hydrogen) atoms. The molecule has 2 rings (SSSR count). The lowest BCUT2D eigenvalue weighted by Crippen LogP contribution is -2.29. The van der Waals surface area contributed by atoms with Crippen molar-refractivity contribution in [3.05, 3.63) is 16.3 Å². The predicted octanol–water partition coefficient (Wildman–Crippen LogP) is 0.662. The average Bonchev–Trinajstić information content (AvgIpc) is 2.67. The van der Waals surface area contributed by atoms with E-state index in [1.54, 1.807) is 0 Å². The van der Waals surface area contributed by atoms with Gasteiger partial charge < -0.3 is 15.2 Å². The molecule has 7 nitrogen and oxygen atoms in total. The second kappa shape index (κ2) is 3.93. The molecule has 1 aromatic heterocycles. The molecule has 0 aromatic carbocycles. The standard InChI is InChI=1S/C8H12N4O3/c13-7-4-2-1-3-6(7)11-9-5-8(10-11)12(14)15/h5-7,13H,1-4H2. The molecule has 1 fully saturated rings. The topological polar surface area (TPSA) is 94.1 Å². The van der Waals surface area contributed by atoms with Gasteiger partial charge >= 0.3 is 5.82 Å². The Bertz CT molecular complexity index is 365. The van der Waals surface area contributed by atoms with E-state index in [0.29, 0.717) is 6.42 Å². The molecule has 7 heteroatoms. The van der Waals surface area contributed by atoms with Gasteiger partial charge in [-0.1, -0.05) is 17.6 Å². The first-order valence-corrected chi connectivity index (χ1v) is 4.93. The van der Waals surface area contributed by atoms with Crippen LogP contribution in [0.2, 0.25) is 0 Å². The molecule has 0 spiro atoms. The summed E-state index contributed by atoms with van der Waals surface area (Å²) in [4.78, 5) is 11.1. The van der Waals surface area contributed by atoms with Gasteiger partial charge in [-0.15, -0.1) is 5.10 Å². The van der Waals surface area contributed by atoms with E-state index in [1.165, 1.54) is 4.80 Å². The molecule has 82 valence electrons. The van der Waals surface area contributed by atoms with Crippen molar-refractivity contribution in [1.29, 1.82) is 0 Å². The van der Waals surface area contributed by atoms with Gasteiger partial charge in [0.2, 0.25) is 0 Å². The van der Waals surface area contributed by atoms with Crippen LogP contribution < -0.4 is 0 Å². The molecule has 1 aliphatic rings. The summed E-state index contributed by atoms with van der Waals surface area (Å²) in [6.45, 7) is 0. The summed E-state index contributed by atoms with van der Waals surface area (Å²) in [5.74, 6) is -0.271. The Kier molecular flexibility index (Phi) is 2.63. The van der Waals surface area contributed by atoms with Crippen molar-refractivity contribution in [3.8, 4) is 0 Å². The van der Waals surface area contributed by atoms with Gasteiger partial charge in [0.05, 0.1) is 11.2 Å². The second-order valence-electron chi connectivity index (χ2n) is 3.70. The summed E-state index contributed by atoms with van der Waals surface area (Å²) in [5, 5.41) is 27.7. The highest BCUT2D eigenvalue weighted by Gasteiger charge is 2.29. The van der Waals surface area contributed by atoms with Crippen LogP contribution >= 0.6 is 0 Å². The van der Waals surface area contributed by atoms with Crippen LogP contribution in [0.4, 0.5) is 5.82 Å². The first-order valence-electron chi connectivity index (χ1n) is 4.93. The van der Waals surface area contributed by atoms with Crippen molar-refractivity contribution in [2.75, 3.05) is 0 Å². The quantitative estimate of drug-likeness (QED) is 0.574. The Labute approximate surface area is 85.9 Å². The first-order chi connectivity index (χ1) is 7.18. The Morgan fingerprint density at radius 2 is 2.27 bits per heavy atom. The molecule has 1 saturated carbocycles. The van der Waals surface area contributed by atoms with Crippen LogP contribution in [0, 0.1) is 10.1 Å². The van der Waals surface area contributed by atoms with Crippen molar-refractivity contribution < 1.29 is 10.0 Å². The van der Waals surface area contributed by atoms with Crippen molar-refractivity contribution >= 4 is 5.82 Å². The predicted molar refractivity (Wildman–Crippen MR) is 50.2 cm³/mol. The molecular weight excluding hydrogens is 200 g/mol. The highest BCUT2D eigenvalue weighted by Crippen LogP contribution is 2.27. The number of aliphatic hydroxyl groups is 1. The monoisotopic (exact) mass is 212 g/mol. The molecule has 1 N–H and O–H groups in total. The fourth-order valence-corrected chi connectivity index (χ4v) is 1.87. The first kappa shape index (κ1) is 10.0. The van der Waals surface area contributed by atoms with Crippen LogP contribution in [-0.4, -0.2) is 31.1 Å². The molecule has 1 aromatic rings. The molecule has 2 unspecified atom stereocenters. The number of hydrogen-bond acceptors (Lipinski definition) is 5. The summed E-state index contributed by atoms with van der Waals surface area (Å²) < 4.78 is 0. The lowest BCUT2D eigenvalue weighted by Gasteiger charge is -2.24. The number of hydrogen-bond donors (Lipinski definition) is 1. The summed E-state index contributed by atoms with van der Waals surface area (Å²) in [5.41, 5.74) is 0. The number of nitrogens with zero attached hydrogens (tertiary/aromatic N) is 4. The fraction of sp³-hybridized carbons (Fsp3) is 0.750. The van der Waals surface area contributed by atoms with E-state index < -0.39 is 11.0 Å². The maximum atomic E-state index is 10.4. The van der Waals surface area contributed by atoms with E-state index in [1.807, 2.05) is 0 Å². The number of rotatable bonds is 2. The Morgan fingerprint density at radius 3 is 2.87 bits per heavy atom. The highest BCUT2D eigenvalue weighted by molar-refractivity contribution is 5.08. The largest absolute Gasteiger partial charge is 0.410 e. The van der Waals surface area contributed by atoms with Gasteiger partial charge in [0.25, 0.3) is 0 Å². The summed E-state index contributed by atoms with van der Waals surface area (Å²) in [6.07, 6.45) is 4.08. The SMILES string of the molecule is O=[N+]([O-])c1cnn(C2CCCCC2O)n1. The average molecular weight is 212 g/mol. The van der Waals surface area contributed by atoms with E-state index >= 15 is 0 Å². The van der Waals surface area contributed by atoms with Gasteiger partial charge in [0.1, 0.15) is 6.04 Å². The fourth-order valence-electron chi connectivity index (χ4n) is 1.87. The Morgan fingerprint density at radius 1 is 1.53 bits per heavy atom. The molecule has 2 atom stereocenters. The van der Waals surface area contributed by atoms with Crippen molar-refractivity contribution in [2.45, 2.75) is 37.8 Å². The van der Waals surface area contributed by atoms with Crippen LogP contribution in [0.5, 0.6) is 0 Å². The molecule has 0 bridgehead atoms. The molecule has 1 aliphatic carbocycles. The van der Waals surface area contributed by atoms with Crippen LogP contribution in [0.1, 0.15) is 31.7 Å². The van der Waals surface area contributed by atoms with Crippen LogP contribution in [0.3, 0.4) is 0 Å². The molecule has 0 aliphatic heterocycles. The molecular formula is C8H12N4O3. The number of aromatic nitrogens is 3. The van der Waals surface area contributed by atoms with E-state index in [4.69, 9.17) is 0 Å². The maximum Gasteiger partial charge on any atom is 0.410 e. The third kappa shape index (κ3) is 1.96. The minimum absolute atomic E-state index is 0.215. The van der Waals surface area contributed by atoms with E-state index in [-0.39, 0.29) is 11.9 Å². The smallest absolute Gasteiger partial charge is 0.391 e. The molecule has 0 amide bonds. The van der Waals surface area contributed by atoms with Gasteiger partial charge in [-0.05, 0) is 17.8 Å². The maximum absolute atomic E-state index is 10.4. The van der Waals surface area contributed by atoms with E-state index in [9.17, 15) is 15.2 Å². The minimum atomic E-state index is -0.585. The third-order valence-electron chi connectivity index (χ3n) is 2.67. The van der Waals surface area contributed by atoms with E-state index in [2.05, 4.69) is 10.2 Å². The van der Waals surface area contributed by atoms with Gasteiger partial charge in [-0.25, -0.2) is 0 Å². The summed E-state index contributed by atoms with van der Waals surface area (Å²) >= 11 is 0. The van der Waals surface area contributed by atoms with Crippen LogP contribution in [-0.2, 0) is 0 Å². The van der Waals surface area contributed by atoms with Gasteiger partial charge in [0.15, 0.2) is 6.20 Å². The summed E-state index contributed by atoms with van der Waals surface area (Å²) in [7, 11) is 0. The minimum Gasteiger partial charge on any atom is -0.391 e. The second-order valence-corrected chi connectivity index (χ2v) is 3.70. The lowest BCUT2D eigenvalue weighted by atomic mass is 9.93. The summed E-state index contributed by atoms with van der Waals surface area (Å²) in [6, 6.07) is -0.215. The highest BCUT2D eigenvalue weighted by atomic mass is 16.6. The van der Waals surface area contributed by atoms with Crippen molar-refractivity contribution in [3.63, 3.8) is 0 Å². The van der Waals surface area contributed by atoms with Crippen LogP contribution in [0.15, 0.2) is 6.20 Å². The van der Waals surface area contributed by atoms with Crippen molar-refractivity contribution in [2.24, 2.45) is 0 Å².